The Labute approximate surface area is 174 Å². The third-order valence-corrected chi connectivity index (χ3v) is 5.40. The van der Waals surface area contributed by atoms with Gasteiger partial charge in [0.1, 0.15) is 17.4 Å². The van der Waals surface area contributed by atoms with Crippen molar-refractivity contribution >= 4 is 11.8 Å². The fourth-order valence-electron chi connectivity index (χ4n) is 3.82. The number of pyridine rings is 1. The molecule has 3 heterocycles. The molecule has 2 aromatic heterocycles. The molecule has 1 saturated heterocycles. The van der Waals surface area contributed by atoms with Crippen LogP contribution in [-0.4, -0.2) is 45.3 Å². The van der Waals surface area contributed by atoms with E-state index in [0.29, 0.717) is 23.7 Å². The first kappa shape index (κ1) is 19.9. The Hall–Kier alpha value is -3.42. The normalized spacial score (nSPS) is 15.7. The topological polar surface area (TPSA) is 74.3 Å². The van der Waals surface area contributed by atoms with E-state index in [2.05, 4.69) is 15.2 Å². The monoisotopic (exact) mass is 409 g/mol. The third kappa shape index (κ3) is 3.60. The molecule has 0 aliphatic carbocycles. The highest BCUT2D eigenvalue weighted by Gasteiger charge is 2.44. The van der Waals surface area contributed by atoms with Crippen molar-refractivity contribution in [3.05, 3.63) is 59.8 Å². The van der Waals surface area contributed by atoms with Crippen molar-refractivity contribution in [1.82, 2.24) is 20.1 Å². The highest BCUT2D eigenvalue weighted by atomic mass is 19.1. The van der Waals surface area contributed by atoms with E-state index in [4.69, 9.17) is 4.74 Å². The molecule has 3 aromatic rings. The molecule has 0 spiro atoms. The number of H-pyrrole nitrogens is 1. The molecule has 1 aromatic carbocycles. The van der Waals surface area contributed by atoms with Crippen molar-refractivity contribution in [2.24, 2.45) is 0 Å². The first-order chi connectivity index (χ1) is 14.3. The molecular formula is C22H24FN5O2. The van der Waals surface area contributed by atoms with Crippen LogP contribution in [0.5, 0.6) is 5.75 Å². The summed E-state index contributed by atoms with van der Waals surface area (Å²) < 4.78 is 19.1. The number of nitrogens with zero attached hydrogens (tertiary/aromatic N) is 4. The SMILES string of the molecule is COc1cc(F)cc(CN2C(=O)N(c3ccc(-c4cn[nH]c4)c(C)n3)CC2(C)C)c1. The van der Waals surface area contributed by atoms with Crippen LogP contribution in [0.1, 0.15) is 25.1 Å². The smallest absolute Gasteiger partial charge is 0.326 e. The fourth-order valence-corrected chi connectivity index (χ4v) is 3.82. The Balaban J connectivity index is 1.61. The first-order valence-corrected chi connectivity index (χ1v) is 9.68. The van der Waals surface area contributed by atoms with E-state index in [-0.39, 0.29) is 12.6 Å². The van der Waals surface area contributed by atoms with E-state index >= 15 is 0 Å². The quantitative estimate of drug-likeness (QED) is 0.687. The number of rotatable bonds is 5. The van der Waals surface area contributed by atoms with Gasteiger partial charge < -0.3 is 9.64 Å². The number of anilines is 1. The summed E-state index contributed by atoms with van der Waals surface area (Å²) in [6.45, 7) is 6.66. The van der Waals surface area contributed by atoms with Crippen LogP contribution in [-0.2, 0) is 6.54 Å². The van der Waals surface area contributed by atoms with Gasteiger partial charge in [-0.15, -0.1) is 0 Å². The summed E-state index contributed by atoms with van der Waals surface area (Å²) in [5.41, 5.74) is 2.95. The van der Waals surface area contributed by atoms with E-state index in [1.165, 1.54) is 19.2 Å². The maximum absolute atomic E-state index is 13.9. The molecule has 0 unspecified atom stereocenters. The lowest BCUT2D eigenvalue weighted by atomic mass is 10.0. The number of amides is 2. The summed E-state index contributed by atoms with van der Waals surface area (Å²) in [4.78, 5) is 21.3. The molecule has 4 rings (SSSR count). The predicted octanol–water partition coefficient (Wildman–Crippen LogP) is 4.15. The number of aryl methyl sites for hydroxylation is 1. The number of ether oxygens (including phenoxy) is 1. The summed E-state index contributed by atoms with van der Waals surface area (Å²) >= 11 is 0. The molecule has 0 radical (unpaired) electrons. The standard InChI is InChI=1S/C22H24FN5O2/c1-14-19(16-10-24-25-11-16)5-6-20(26-14)27-13-22(2,3)28(21(27)29)12-15-7-17(23)9-18(8-15)30-4/h5-11H,12-13H2,1-4H3,(H,24,25). The summed E-state index contributed by atoms with van der Waals surface area (Å²) in [5, 5.41) is 6.78. The average molecular weight is 409 g/mol. The van der Waals surface area contributed by atoms with Gasteiger partial charge in [-0.2, -0.15) is 5.10 Å². The number of aromatic amines is 1. The van der Waals surface area contributed by atoms with Gasteiger partial charge in [-0.05, 0) is 50.6 Å². The second kappa shape index (κ2) is 7.44. The highest BCUT2D eigenvalue weighted by Crippen LogP contribution is 2.33. The molecule has 156 valence electrons. The molecule has 1 aliphatic rings. The van der Waals surface area contributed by atoms with Crippen LogP contribution in [0.4, 0.5) is 15.0 Å². The molecule has 7 nitrogen and oxygen atoms in total. The first-order valence-electron chi connectivity index (χ1n) is 9.68. The lowest BCUT2D eigenvalue weighted by Gasteiger charge is -2.29. The van der Waals surface area contributed by atoms with Crippen molar-refractivity contribution < 1.29 is 13.9 Å². The largest absolute Gasteiger partial charge is 0.497 e. The number of carbonyl (C=O) groups is 1. The molecule has 0 saturated carbocycles. The summed E-state index contributed by atoms with van der Waals surface area (Å²) in [6, 6.07) is 8.13. The van der Waals surface area contributed by atoms with Gasteiger partial charge in [0.2, 0.25) is 0 Å². The van der Waals surface area contributed by atoms with Crippen molar-refractivity contribution in [1.29, 1.82) is 0 Å². The number of halogens is 1. The van der Waals surface area contributed by atoms with E-state index < -0.39 is 11.4 Å². The molecular weight excluding hydrogens is 385 g/mol. The summed E-state index contributed by atoms with van der Waals surface area (Å²) in [5.74, 6) is 0.633. The van der Waals surface area contributed by atoms with Crippen molar-refractivity contribution in [3.8, 4) is 16.9 Å². The van der Waals surface area contributed by atoms with Crippen LogP contribution in [0.2, 0.25) is 0 Å². The number of benzene rings is 1. The van der Waals surface area contributed by atoms with Crippen LogP contribution < -0.4 is 9.64 Å². The van der Waals surface area contributed by atoms with Crippen LogP contribution in [0.25, 0.3) is 11.1 Å². The minimum absolute atomic E-state index is 0.161. The molecule has 8 heteroatoms. The fraction of sp³-hybridized carbons (Fsp3) is 0.318. The minimum Gasteiger partial charge on any atom is -0.497 e. The van der Waals surface area contributed by atoms with Gasteiger partial charge in [-0.1, -0.05) is 0 Å². The highest BCUT2D eigenvalue weighted by molar-refractivity contribution is 5.94. The predicted molar refractivity (Wildman–Crippen MR) is 112 cm³/mol. The van der Waals surface area contributed by atoms with E-state index in [0.717, 1.165) is 16.8 Å². The maximum atomic E-state index is 13.9. The lowest BCUT2D eigenvalue weighted by Crippen LogP contribution is -2.41. The Morgan fingerprint density at radius 1 is 1.27 bits per heavy atom. The number of hydrogen-bond acceptors (Lipinski definition) is 4. The average Bonchev–Trinajstić information content (AvgIpc) is 3.30. The van der Waals surface area contributed by atoms with Crippen LogP contribution in [0.15, 0.2) is 42.7 Å². The van der Waals surface area contributed by atoms with Gasteiger partial charge in [0, 0.05) is 35.6 Å². The maximum Gasteiger partial charge on any atom is 0.326 e. The van der Waals surface area contributed by atoms with Crippen LogP contribution >= 0.6 is 0 Å². The van der Waals surface area contributed by atoms with Crippen molar-refractivity contribution in [3.63, 3.8) is 0 Å². The van der Waals surface area contributed by atoms with E-state index in [1.807, 2.05) is 39.1 Å². The molecule has 0 bridgehead atoms. The zero-order valence-electron chi connectivity index (χ0n) is 17.4. The Kier molecular flexibility index (Phi) is 4.93. The number of urea groups is 1. The molecule has 30 heavy (non-hydrogen) atoms. The van der Waals surface area contributed by atoms with E-state index in [1.54, 1.807) is 22.1 Å². The Bertz CT molecular complexity index is 1080. The third-order valence-electron chi connectivity index (χ3n) is 5.40. The summed E-state index contributed by atoms with van der Waals surface area (Å²) in [6.07, 6.45) is 3.55. The van der Waals surface area contributed by atoms with Crippen molar-refractivity contribution in [2.75, 3.05) is 18.6 Å². The Morgan fingerprint density at radius 3 is 2.73 bits per heavy atom. The van der Waals surface area contributed by atoms with Gasteiger partial charge in [0.25, 0.3) is 0 Å². The molecule has 0 atom stereocenters. The zero-order valence-corrected chi connectivity index (χ0v) is 17.4. The molecule has 1 aliphatic heterocycles. The summed E-state index contributed by atoms with van der Waals surface area (Å²) in [7, 11) is 1.49. The van der Waals surface area contributed by atoms with Gasteiger partial charge in [0.15, 0.2) is 0 Å². The minimum atomic E-state index is -0.449. The van der Waals surface area contributed by atoms with Crippen LogP contribution in [0.3, 0.4) is 0 Å². The van der Waals surface area contributed by atoms with Gasteiger partial charge in [0.05, 0.1) is 25.4 Å². The lowest BCUT2D eigenvalue weighted by molar-refractivity contribution is 0.172. The molecule has 1 fully saturated rings. The second-order valence-corrected chi connectivity index (χ2v) is 8.06. The number of hydrogen-bond donors (Lipinski definition) is 1. The van der Waals surface area contributed by atoms with Crippen molar-refractivity contribution in [2.45, 2.75) is 32.9 Å². The second-order valence-electron chi connectivity index (χ2n) is 8.06. The number of methoxy groups -OCH3 is 1. The van der Waals surface area contributed by atoms with Crippen LogP contribution in [0, 0.1) is 12.7 Å². The number of aromatic nitrogens is 3. The zero-order chi connectivity index (χ0) is 21.5. The van der Waals surface area contributed by atoms with Gasteiger partial charge in [-0.3, -0.25) is 10.00 Å². The van der Waals surface area contributed by atoms with Gasteiger partial charge >= 0.3 is 6.03 Å². The van der Waals surface area contributed by atoms with Gasteiger partial charge in [-0.25, -0.2) is 14.2 Å². The van der Waals surface area contributed by atoms with E-state index in [9.17, 15) is 9.18 Å². The number of nitrogens with one attached hydrogen (secondary N) is 1. The molecule has 1 N–H and O–H groups in total. The molecule has 2 amide bonds. The Morgan fingerprint density at radius 2 is 2.07 bits per heavy atom. The number of carbonyl (C=O) groups excluding carboxylic acids is 1.